The molecule has 0 saturated heterocycles. The molecule has 17 nitrogen and oxygen atoms in total. The maximum absolute atomic E-state index is 13.1. The van der Waals surface area contributed by atoms with E-state index in [1.165, 1.54) is 44.9 Å². The van der Waals surface area contributed by atoms with Crippen LogP contribution in [0.25, 0.3) is 0 Å². The molecule has 0 aliphatic heterocycles. The molecule has 0 aliphatic carbocycles. The van der Waals surface area contributed by atoms with E-state index in [0.29, 0.717) is 25.7 Å². The van der Waals surface area contributed by atoms with Crippen LogP contribution in [0.2, 0.25) is 0 Å². The number of ether oxygens (including phenoxy) is 4. The fourth-order valence-corrected chi connectivity index (χ4v) is 12.0. The van der Waals surface area contributed by atoms with Crippen molar-refractivity contribution in [3.05, 3.63) is 134 Å². The molecule has 0 spiro atoms. The Balaban J connectivity index is 5.38. The van der Waals surface area contributed by atoms with Crippen LogP contribution in [0.5, 0.6) is 0 Å². The maximum Gasteiger partial charge on any atom is 0.472 e. The number of hydrogen-bond acceptors (Lipinski definition) is 15. The molecule has 0 bridgehead atoms. The number of phosphoric ester groups is 2. The second kappa shape index (κ2) is 76.4. The minimum atomic E-state index is -4.99. The van der Waals surface area contributed by atoms with E-state index in [4.69, 9.17) is 37.0 Å². The number of hydrogen-bond donors (Lipinski definition) is 3. The Bertz CT molecular complexity index is 2490. The Kier molecular flexibility index (Phi) is 72.9. The van der Waals surface area contributed by atoms with Gasteiger partial charge in [0.05, 0.1) is 26.4 Å². The summed E-state index contributed by atoms with van der Waals surface area (Å²) in [7, 11) is -9.98. The molecule has 0 fully saturated rings. The number of allylic oxidation sites excluding steroid dienone is 22. The van der Waals surface area contributed by atoms with Gasteiger partial charge in [-0.2, -0.15) is 0 Å². The van der Waals surface area contributed by atoms with Crippen LogP contribution >= 0.6 is 15.6 Å². The Labute approximate surface area is 631 Å². The average molecular weight is 1500 g/mol. The standard InChI is InChI=1S/C85H144O17P2/c1-5-9-13-17-21-25-29-33-35-37-39-41-43-47-49-53-57-61-65-69-82(87)95-75-80(101-84(89)71-67-63-59-55-51-45-31-27-23-19-15-11-7-3)77-99-103(91,92)97-73-79(86)74-98-104(93,94)100-78-81(102-85(90)72-68-64-60-56-52-46-32-28-24-20-16-12-8-4)76-96-83(88)70-66-62-58-54-50-48-44-42-40-38-36-34-30-26-22-18-14-10-6-2/h9,13,15,19,21-22,25-28,31-36,39-42,47,49,79-81,86H,5-8,10-12,14,16-18,20,23-24,29-30,37-38,43-46,48,50-78H2,1-4H3,(H,91,92)(H,93,94)/b13-9-,19-15-,25-21-,26-22-,31-27-,32-28-,35-33-,36-34-,41-39-,42-40-,49-47-. The molecule has 0 aromatic rings. The smallest absolute Gasteiger partial charge is 0.462 e. The average Bonchev–Trinajstić information content (AvgIpc) is 0.913. The summed E-state index contributed by atoms with van der Waals surface area (Å²) in [5.41, 5.74) is 0. The summed E-state index contributed by atoms with van der Waals surface area (Å²) in [5, 5.41) is 10.6. The fraction of sp³-hybridized carbons (Fsp3) is 0.694. The minimum Gasteiger partial charge on any atom is -0.462 e. The number of phosphoric acid groups is 2. The lowest BCUT2D eigenvalue weighted by Gasteiger charge is -2.21. The zero-order chi connectivity index (χ0) is 76.0. The van der Waals surface area contributed by atoms with E-state index >= 15 is 0 Å². The molecule has 0 amide bonds. The van der Waals surface area contributed by atoms with E-state index in [9.17, 15) is 43.2 Å². The number of aliphatic hydroxyl groups excluding tert-OH is 1. The van der Waals surface area contributed by atoms with Gasteiger partial charge in [0.15, 0.2) is 12.2 Å². The van der Waals surface area contributed by atoms with Gasteiger partial charge in [-0.25, -0.2) is 9.13 Å². The zero-order valence-electron chi connectivity index (χ0n) is 65.2. The van der Waals surface area contributed by atoms with Crippen LogP contribution in [0.1, 0.15) is 323 Å². The highest BCUT2D eigenvalue weighted by molar-refractivity contribution is 7.47. The monoisotopic (exact) mass is 1500 g/mol. The van der Waals surface area contributed by atoms with Crippen molar-refractivity contribution < 1.29 is 80.2 Å². The Morgan fingerprint density at radius 1 is 0.279 bits per heavy atom. The lowest BCUT2D eigenvalue weighted by atomic mass is 10.1. The molecule has 0 aromatic heterocycles. The highest BCUT2D eigenvalue weighted by Crippen LogP contribution is 2.45. The first-order valence-corrected chi connectivity index (χ1v) is 43.4. The summed E-state index contributed by atoms with van der Waals surface area (Å²) in [6.07, 6.45) is 85.7. The predicted molar refractivity (Wildman–Crippen MR) is 427 cm³/mol. The second-order valence-corrected chi connectivity index (χ2v) is 29.5. The summed E-state index contributed by atoms with van der Waals surface area (Å²) >= 11 is 0. The maximum atomic E-state index is 13.1. The van der Waals surface area contributed by atoms with Crippen LogP contribution in [0.15, 0.2) is 134 Å². The van der Waals surface area contributed by atoms with Gasteiger partial charge in [0.1, 0.15) is 19.3 Å². The summed E-state index contributed by atoms with van der Waals surface area (Å²) in [5.74, 6) is -2.25. The first-order valence-electron chi connectivity index (χ1n) is 40.4. The van der Waals surface area contributed by atoms with Crippen molar-refractivity contribution in [3.63, 3.8) is 0 Å². The molecular formula is C85H144O17P2. The normalized spacial score (nSPS) is 14.6. The van der Waals surface area contributed by atoms with Gasteiger partial charge in [-0.3, -0.25) is 37.3 Å². The van der Waals surface area contributed by atoms with E-state index in [-0.39, 0.29) is 25.7 Å². The second-order valence-electron chi connectivity index (χ2n) is 26.6. The number of esters is 4. The van der Waals surface area contributed by atoms with Crippen LogP contribution in [0.4, 0.5) is 0 Å². The third-order valence-corrected chi connectivity index (χ3v) is 18.5. The van der Waals surface area contributed by atoms with Crippen molar-refractivity contribution in [1.29, 1.82) is 0 Å². The molecule has 5 atom stereocenters. The van der Waals surface area contributed by atoms with Gasteiger partial charge in [-0.05, 0) is 161 Å². The molecule has 0 aromatic carbocycles. The van der Waals surface area contributed by atoms with Crippen molar-refractivity contribution in [3.8, 4) is 0 Å². The van der Waals surface area contributed by atoms with Crippen molar-refractivity contribution in [2.45, 2.75) is 341 Å². The van der Waals surface area contributed by atoms with Crippen LogP contribution < -0.4 is 0 Å². The van der Waals surface area contributed by atoms with Gasteiger partial charge in [0, 0.05) is 25.7 Å². The topological polar surface area (TPSA) is 237 Å². The third kappa shape index (κ3) is 75.4. The quantitative estimate of drug-likeness (QED) is 0.0169. The van der Waals surface area contributed by atoms with Crippen molar-refractivity contribution in [2.24, 2.45) is 0 Å². The number of carbonyl (C=O) groups excluding carboxylic acids is 4. The molecule has 596 valence electrons. The summed E-state index contributed by atoms with van der Waals surface area (Å²) in [4.78, 5) is 73.0. The van der Waals surface area contributed by atoms with Gasteiger partial charge >= 0.3 is 39.5 Å². The molecule has 0 saturated carbocycles. The lowest BCUT2D eigenvalue weighted by molar-refractivity contribution is -0.161. The molecular weight excluding hydrogens is 1350 g/mol. The number of rotatable bonds is 75. The fourth-order valence-electron chi connectivity index (χ4n) is 10.4. The molecule has 3 N–H and O–H groups in total. The van der Waals surface area contributed by atoms with E-state index < -0.39 is 97.5 Å². The number of aliphatic hydroxyl groups is 1. The van der Waals surface area contributed by atoms with Gasteiger partial charge < -0.3 is 33.8 Å². The van der Waals surface area contributed by atoms with Crippen LogP contribution in [-0.4, -0.2) is 96.7 Å². The SMILES string of the molecule is CC/C=C\C/C=C\C/C=C\C/C=C\C/C=C\CCCCCC(=O)OCC(COP(=O)(O)OCC(O)COP(=O)(O)OCC(COC(=O)CCCCCCCC/C=C\C/C=C\C/C=C\CCCCC)OC(=O)CCCCCCC/C=C\CCCCCC)OC(=O)CCCCCCC/C=C\C/C=C\CCC. The van der Waals surface area contributed by atoms with E-state index in [1.54, 1.807) is 0 Å². The third-order valence-electron chi connectivity index (χ3n) is 16.5. The van der Waals surface area contributed by atoms with Gasteiger partial charge in [-0.15, -0.1) is 0 Å². The minimum absolute atomic E-state index is 0.0676. The molecule has 0 heterocycles. The molecule has 104 heavy (non-hydrogen) atoms. The molecule has 0 rings (SSSR count). The number of unbranched alkanes of at least 4 members (excludes halogenated alkanes) is 27. The highest BCUT2D eigenvalue weighted by Gasteiger charge is 2.30. The predicted octanol–water partition coefficient (Wildman–Crippen LogP) is 23.7. The van der Waals surface area contributed by atoms with Crippen LogP contribution in [-0.2, 0) is 65.4 Å². The van der Waals surface area contributed by atoms with Crippen molar-refractivity contribution in [2.75, 3.05) is 39.6 Å². The summed E-state index contributed by atoms with van der Waals surface area (Å²) < 4.78 is 68.6. The Morgan fingerprint density at radius 3 is 0.846 bits per heavy atom. The zero-order valence-corrected chi connectivity index (χ0v) is 66.9. The summed E-state index contributed by atoms with van der Waals surface area (Å²) in [6, 6.07) is 0. The Hall–Kier alpha value is -4.80. The highest BCUT2D eigenvalue weighted by atomic mass is 31.2. The first-order chi connectivity index (χ1) is 50.7. The number of carbonyl (C=O) groups is 4. The van der Waals surface area contributed by atoms with Crippen LogP contribution in [0.3, 0.4) is 0 Å². The van der Waals surface area contributed by atoms with E-state index in [1.807, 2.05) is 0 Å². The first kappa shape index (κ1) is 99.2. The van der Waals surface area contributed by atoms with Gasteiger partial charge in [-0.1, -0.05) is 271 Å². The van der Waals surface area contributed by atoms with Crippen molar-refractivity contribution >= 4 is 39.5 Å². The van der Waals surface area contributed by atoms with Gasteiger partial charge in [0.25, 0.3) is 0 Å². The van der Waals surface area contributed by atoms with Crippen molar-refractivity contribution in [1.82, 2.24) is 0 Å². The van der Waals surface area contributed by atoms with Gasteiger partial charge in [0.2, 0.25) is 0 Å². The molecule has 0 aliphatic rings. The lowest BCUT2D eigenvalue weighted by Crippen LogP contribution is -2.30. The van der Waals surface area contributed by atoms with E-state index in [0.717, 1.165) is 199 Å². The van der Waals surface area contributed by atoms with E-state index in [2.05, 4.69) is 161 Å². The molecule has 5 unspecified atom stereocenters. The molecule has 0 radical (unpaired) electrons. The largest absolute Gasteiger partial charge is 0.472 e. The Morgan fingerprint density at radius 2 is 0.519 bits per heavy atom. The summed E-state index contributed by atoms with van der Waals surface area (Å²) in [6.45, 7) is 4.59. The van der Waals surface area contributed by atoms with Crippen LogP contribution in [0, 0.1) is 0 Å². The molecule has 19 heteroatoms.